The Hall–Kier alpha value is -1.27. The molecule has 0 saturated heterocycles. The van der Waals surface area contributed by atoms with Crippen LogP contribution in [-0.2, 0) is 4.74 Å². The Kier molecular flexibility index (Phi) is 11.3. The molecule has 0 bridgehead atoms. The summed E-state index contributed by atoms with van der Waals surface area (Å²) in [5.41, 5.74) is -3.51. The lowest BCUT2D eigenvalue weighted by Crippen LogP contribution is -2.76. The summed E-state index contributed by atoms with van der Waals surface area (Å²) in [6.07, 6.45) is -11.4. The van der Waals surface area contributed by atoms with Gasteiger partial charge in [0.05, 0.1) is 26.2 Å². The van der Waals surface area contributed by atoms with Gasteiger partial charge in [-0.1, -0.05) is 0 Å². The van der Waals surface area contributed by atoms with Crippen molar-refractivity contribution in [3.63, 3.8) is 0 Å². The molecule has 25 heteroatoms. The van der Waals surface area contributed by atoms with Gasteiger partial charge in [-0.05, 0) is 0 Å². The van der Waals surface area contributed by atoms with Gasteiger partial charge in [0.2, 0.25) is 0 Å². The van der Waals surface area contributed by atoms with Crippen molar-refractivity contribution in [3.05, 3.63) is 0 Å². The maximum Gasteiger partial charge on any atom is 0.460 e. The van der Waals surface area contributed by atoms with Crippen molar-refractivity contribution < 1.29 is 106 Å². The zero-order valence-electron chi connectivity index (χ0n) is 18.7. The Morgan fingerprint density at radius 2 is 0.805 bits per heavy atom. The number of halogens is 22. The average molecular weight is 686 g/mol. The fraction of sp³-hybridized carbons (Fsp3) is 1.00. The summed E-state index contributed by atoms with van der Waals surface area (Å²) < 4.78 is 296. The van der Waals surface area contributed by atoms with Gasteiger partial charge in [0.1, 0.15) is 0 Å². The second-order valence-electron chi connectivity index (χ2n) is 7.62. The average Bonchev–Trinajstić information content (AvgIpc) is 2.76. The zero-order valence-corrected chi connectivity index (χ0v) is 19.5. The van der Waals surface area contributed by atoms with E-state index in [-0.39, 0.29) is 0 Å². The van der Waals surface area contributed by atoms with E-state index in [4.69, 9.17) is 5.11 Å². The fourth-order valence-electron chi connectivity index (χ4n) is 2.38. The maximum atomic E-state index is 13.7. The van der Waals surface area contributed by atoms with Crippen LogP contribution < -0.4 is 0 Å². The molecule has 0 amide bonds. The van der Waals surface area contributed by atoms with Gasteiger partial charge in [-0.15, -0.1) is 11.8 Å². The summed E-state index contributed by atoms with van der Waals surface area (Å²) in [4.78, 5) is 0. The molecule has 41 heavy (non-hydrogen) atoms. The van der Waals surface area contributed by atoms with E-state index in [1.54, 1.807) is 0 Å². The zero-order chi connectivity index (χ0) is 33.5. The van der Waals surface area contributed by atoms with Crippen molar-refractivity contribution in [3.8, 4) is 0 Å². The van der Waals surface area contributed by atoms with E-state index in [0.29, 0.717) is 0 Å². The normalized spacial score (nSPS) is 16.8. The monoisotopic (exact) mass is 686 g/mol. The van der Waals surface area contributed by atoms with Crippen LogP contribution in [0.1, 0.15) is 6.42 Å². The lowest BCUT2D eigenvalue weighted by molar-refractivity contribution is -0.474. The van der Waals surface area contributed by atoms with Crippen molar-refractivity contribution in [2.24, 2.45) is 0 Å². The minimum Gasteiger partial charge on any atom is -0.394 e. The molecular weight excluding hydrogens is 674 g/mol. The van der Waals surface area contributed by atoms with Gasteiger partial charge in [-0.25, -0.2) is 4.39 Å². The first-order valence-electron chi connectivity index (χ1n) is 9.62. The summed E-state index contributed by atoms with van der Waals surface area (Å²) >= 11 is -0.525. The van der Waals surface area contributed by atoms with E-state index < -0.39 is 109 Å². The van der Waals surface area contributed by atoms with Crippen LogP contribution >= 0.6 is 11.8 Å². The molecule has 0 radical (unpaired) electrons. The number of aliphatic hydroxyl groups excluding tert-OH is 1. The number of thioether (sulfide) groups is 1. The number of hydrogen-bond acceptors (Lipinski definition) is 3. The summed E-state index contributed by atoms with van der Waals surface area (Å²) in [6, 6.07) is 0. The molecule has 0 fully saturated rings. The third-order valence-electron chi connectivity index (χ3n) is 4.75. The standard InChI is InChI=1S/C16H12F22O2S/c17-6(41-4-3-40-2-1-39)5-7(18,19)8(20,21)9(22,23)10(24,25)11(26,27)12(28,29)13(30,31)14(32,33)15(34,35)16(36,37)38/h6,39H,1-5H2. The van der Waals surface area contributed by atoms with E-state index in [2.05, 4.69) is 4.74 Å². The lowest BCUT2D eigenvalue weighted by Gasteiger charge is -2.44. The number of aliphatic hydroxyl groups is 1. The van der Waals surface area contributed by atoms with Gasteiger partial charge in [-0.2, -0.15) is 92.2 Å². The summed E-state index contributed by atoms with van der Waals surface area (Å²) in [5, 5.41) is 8.34. The molecule has 0 aliphatic carbocycles. The predicted octanol–water partition coefficient (Wildman–Crippen LogP) is 7.69. The van der Waals surface area contributed by atoms with E-state index >= 15 is 0 Å². The Balaban J connectivity index is 6.57. The van der Waals surface area contributed by atoms with Gasteiger partial charge in [0.15, 0.2) is 5.50 Å². The molecule has 2 nitrogen and oxygen atoms in total. The van der Waals surface area contributed by atoms with E-state index in [1.807, 2.05) is 0 Å². The number of ether oxygens (including phenoxy) is 1. The van der Waals surface area contributed by atoms with Gasteiger partial charge >= 0.3 is 59.5 Å². The first-order chi connectivity index (χ1) is 17.7. The van der Waals surface area contributed by atoms with Gasteiger partial charge in [-0.3, -0.25) is 0 Å². The Morgan fingerprint density at radius 1 is 0.488 bits per heavy atom. The molecule has 0 aromatic carbocycles. The second kappa shape index (κ2) is 11.7. The summed E-state index contributed by atoms with van der Waals surface area (Å²) in [5.74, 6) is -78.8. The summed E-state index contributed by atoms with van der Waals surface area (Å²) in [7, 11) is 0. The lowest BCUT2D eigenvalue weighted by atomic mass is 9.86. The Bertz CT molecular complexity index is 868. The largest absolute Gasteiger partial charge is 0.460 e. The van der Waals surface area contributed by atoms with E-state index in [1.165, 1.54) is 0 Å². The first-order valence-corrected chi connectivity index (χ1v) is 10.7. The number of hydrogen-bond donors (Lipinski definition) is 1. The molecule has 0 aromatic rings. The smallest absolute Gasteiger partial charge is 0.394 e. The fourth-order valence-corrected chi connectivity index (χ4v) is 3.18. The second-order valence-corrected chi connectivity index (χ2v) is 8.87. The van der Waals surface area contributed by atoms with Gasteiger partial charge < -0.3 is 9.84 Å². The Morgan fingerprint density at radius 3 is 1.12 bits per heavy atom. The van der Waals surface area contributed by atoms with Crippen LogP contribution in [0.5, 0.6) is 0 Å². The molecular formula is C16H12F22O2S. The van der Waals surface area contributed by atoms with Crippen molar-refractivity contribution in [1.82, 2.24) is 0 Å². The maximum absolute atomic E-state index is 13.7. The van der Waals surface area contributed by atoms with Crippen molar-refractivity contribution in [2.75, 3.05) is 25.6 Å². The first kappa shape index (κ1) is 39.7. The SMILES string of the molecule is OCCOCCSC(F)CC(F)(F)C(F)(F)C(F)(F)C(F)(F)C(F)(F)C(F)(F)C(F)(F)C(F)(F)C(F)(F)C(F)(F)F. The predicted molar refractivity (Wildman–Crippen MR) is 90.5 cm³/mol. The van der Waals surface area contributed by atoms with Crippen LogP contribution in [0.4, 0.5) is 96.6 Å². The Labute approximate surface area is 216 Å². The highest BCUT2D eigenvalue weighted by atomic mass is 32.2. The quantitative estimate of drug-likeness (QED) is 0.134. The van der Waals surface area contributed by atoms with Crippen LogP contribution in [-0.4, -0.2) is 95.7 Å². The van der Waals surface area contributed by atoms with Gasteiger partial charge in [0.25, 0.3) is 0 Å². The van der Waals surface area contributed by atoms with Gasteiger partial charge in [0, 0.05) is 5.75 Å². The molecule has 0 aliphatic rings. The highest BCUT2D eigenvalue weighted by Crippen LogP contribution is 2.66. The molecule has 1 unspecified atom stereocenters. The van der Waals surface area contributed by atoms with Crippen LogP contribution in [0, 0.1) is 0 Å². The van der Waals surface area contributed by atoms with E-state index in [9.17, 15) is 96.6 Å². The topological polar surface area (TPSA) is 29.5 Å². The molecule has 0 aromatic heterocycles. The molecule has 248 valence electrons. The van der Waals surface area contributed by atoms with Crippen molar-refractivity contribution in [1.29, 1.82) is 0 Å². The van der Waals surface area contributed by atoms with Crippen LogP contribution in [0.15, 0.2) is 0 Å². The van der Waals surface area contributed by atoms with Crippen LogP contribution in [0.3, 0.4) is 0 Å². The third kappa shape index (κ3) is 6.21. The molecule has 0 aliphatic heterocycles. The number of alkyl halides is 22. The van der Waals surface area contributed by atoms with Crippen molar-refractivity contribution >= 4 is 11.8 Å². The minimum atomic E-state index is -9.25. The molecule has 0 heterocycles. The summed E-state index contributed by atoms with van der Waals surface area (Å²) in [6.45, 7) is -1.80. The third-order valence-corrected chi connectivity index (χ3v) is 5.69. The van der Waals surface area contributed by atoms with Crippen molar-refractivity contribution in [2.45, 2.75) is 71.4 Å². The van der Waals surface area contributed by atoms with E-state index in [0.717, 1.165) is 0 Å². The van der Waals surface area contributed by atoms with Crippen LogP contribution in [0.25, 0.3) is 0 Å². The highest BCUT2D eigenvalue weighted by Gasteiger charge is 2.97. The van der Waals surface area contributed by atoms with Crippen LogP contribution in [0.2, 0.25) is 0 Å². The molecule has 1 N–H and O–H groups in total. The molecule has 1 atom stereocenters. The molecule has 0 spiro atoms. The highest BCUT2D eigenvalue weighted by molar-refractivity contribution is 7.99. The number of rotatable bonds is 16. The molecule has 0 saturated carbocycles. The molecule has 0 rings (SSSR count). The minimum absolute atomic E-state index is 0.468.